The second-order valence-electron chi connectivity index (χ2n) is 7.76. The van der Waals surface area contributed by atoms with E-state index in [9.17, 15) is 0 Å². The highest BCUT2D eigenvalue weighted by Crippen LogP contribution is 2.27. The predicted octanol–water partition coefficient (Wildman–Crippen LogP) is 2.51. The average Bonchev–Trinajstić information content (AvgIpc) is 3.13. The van der Waals surface area contributed by atoms with Crippen LogP contribution >= 0.6 is 11.6 Å². The number of guanidine groups is 1. The van der Waals surface area contributed by atoms with E-state index in [1.165, 1.54) is 5.56 Å². The number of nitrogens with zero attached hydrogens (tertiary/aromatic N) is 5. The first kappa shape index (κ1) is 21.5. The number of benzene rings is 1. The zero-order valence-corrected chi connectivity index (χ0v) is 18.5. The smallest absolute Gasteiger partial charge is 0.191 e. The Morgan fingerprint density at radius 1 is 1.38 bits per heavy atom. The minimum Gasteiger partial charge on any atom is -0.368 e. The third kappa shape index (κ3) is 5.64. The Bertz CT molecular complexity index is 817. The fraction of sp³-hybridized carbons (Fsp3) is 0.524. The summed E-state index contributed by atoms with van der Waals surface area (Å²) in [6.07, 6.45) is 6.22. The SMILES string of the molecule is CN=C(NCC(c1cnn(C)c1)N(C)C)NC1CCCN(c2ccccc2Cl)C1. The number of hydrogen-bond donors (Lipinski definition) is 2. The van der Waals surface area contributed by atoms with E-state index < -0.39 is 0 Å². The zero-order valence-electron chi connectivity index (χ0n) is 17.8. The van der Waals surface area contributed by atoms with Crippen molar-refractivity contribution in [3.05, 3.63) is 47.2 Å². The standard InChI is InChI=1S/C21H32ClN7/c1-23-21(24-13-20(27(2)3)16-12-25-28(4)14-16)26-17-8-7-11-29(15-17)19-10-6-5-9-18(19)22/h5-6,9-10,12,14,17,20H,7-8,11,13,15H2,1-4H3,(H2,23,24,26). The number of aliphatic imine (C=N–C) groups is 1. The van der Waals surface area contributed by atoms with Gasteiger partial charge in [0.25, 0.3) is 0 Å². The van der Waals surface area contributed by atoms with Crippen LogP contribution in [-0.2, 0) is 7.05 Å². The number of anilines is 1. The van der Waals surface area contributed by atoms with Crippen LogP contribution in [0.25, 0.3) is 0 Å². The summed E-state index contributed by atoms with van der Waals surface area (Å²) in [6, 6.07) is 8.59. The van der Waals surface area contributed by atoms with Gasteiger partial charge in [0.2, 0.25) is 0 Å². The molecule has 1 aromatic carbocycles. The summed E-state index contributed by atoms with van der Waals surface area (Å²) in [7, 11) is 7.92. The number of aromatic nitrogens is 2. The normalized spacial score (nSPS) is 18.8. The highest BCUT2D eigenvalue weighted by molar-refractivity contribution is 6.33. The van der Waals surface area contributed by atoms with Crippen molar-refractivity contribution in [3.8, 4) is 0 Å². The Morgan fingerprint density at radius 3 is 2.83 bits per heavy atom. The lowest BCUT2D eigenvalue weighted by Crippen LogP contribution is -2.52. The molecule has 1 saturated heterocycles. The van der Waals surface area contributed by atoms with E-state index >= 15 is 0 Å². The van der Waals surface area contributed by atoms with Crippen molar-refractivity contribution >= 4 is 23.2 Å². The third-order valence-electron chi connectivity index (χ3n) is 5.37. The predicted molar refractivity (Wildman–Crippen MR) is 121 cm³/mol. The molecule has 1 aliphatic heterocycles. The van der Waals surface area contributed by atoms with Crippen molar-refractivity contribution in [2.24, 2.45) is 12.0 Å². The van der Waals surface area contributed by atoms with E-state index in [4.69, 9.17) is 11.6 Å². The van der Waals surface area contributed by atoms with E-state index in [0.717, 1.165) is 49.1 Å². The number of piperidine rings is 1. The highest BCUT2D eigenvalue weighted by Gasteiger charge is 2.23. The van der Waals surface area contributed by atoms with Crippen molar-refractivity contribution in [1.29, 1.82) is 0 Å². The zero-order chi connectivity index (χ0) is 20.8. The van der Waals surface area contributed by atoms with Crippen LogP contribution in [0.2, 0.25) is 5.02 Å². The second-order valence-corrected chi connectivity index (χ2v) is 8.17. The van der Waals surface area contributed by atoms with Gasteiger partial charge in [0.15, 0.2) is 5.96 Å². The first-order valence-corrected chi connectivity index (χ1v) is 10.5. The second kappa shape index (κ2) is 9.98. The number of para-hydroxylation sites is 1. The average molecular weight is 418 g/mol. The van der Waals surface area contributed by atoms with Crippen LogP contribution in [0.5, 0.6) is 0 Å². The summed E-state index contributed by atoms with van der Waals surface area (Å²) in [5, 5.41) is 12.2. The molecule has 2 unspecified atom stereocenters. The molecule has 2 N–H and O–H groups in total. The molecule has 0 saturated carbocycles. The Morgan fingerprint density at radius 2 is 2.17 bits per heavy atom. The number of halogens is 1. The molecular formula is C21H32ClN7. The summed E-state index contributed by atoms with van der Waals surface area (Å²) in [5.41, 5.74) is 2.29. The van der Waals surface area contributed by atoms with Gasteiger partial charge < -0.3 is 20.4 Å². The molecule has 0 bridgehead atoms. The lowest BCUT2D eigenvalue weighted by molar-refractivity contribution is 0.297. The van der Waals surface area contributed by atoms with Crippen molar-refractivity contribution < 1.29 is 0 Å². The van der Waals surface area contributed by atoms with Crippen LogP contribution in [0.15, 0.2) is 41.7 Å². The molecule has 29 heavy (non-hydrogen) atoms. The maximum atomic E-state index is 6.40. The molecule has 0 spiro atoms. The lowest BCUT2D eigenvalue weighted by atomic mass is 10.0. The molecule has 0 radical (unpaired) electrons. The molecule has 1 aliphatic rings. The van der Waals surface area contributed by atoms with Crippen LogP contribution in [-0.4, -0.2) is 67.5 Å². The molecule has 2 aromatic rings. The van der Waals surface area contributed by atoms with Gasteiger partial charge in [0, 0.05) is 51.5 Å². The van der Waals surface area contributed by atoms with E-state index in [1.54, 1.807) is 0 Å². The summed E-state index contributed by atoms with van der Waals surface area (Å²) >= 11 is 6.40. The fourth-order valence-corrected chi connectivity index (χ4v) is 4.07. The monoisotopic (exact) mass is 417 g/mol. The minimum absolute atomic E-state index is 0.216. The first-order chi connectivity index (χ1) is 14.0. The van der Waals surface area contributed by atoms with Crippen molar-refractivity contribution in [2.45, 2.75) is 24.9 Å². The third-order valence-corrected chi connectivity index (χ3v) is 5.69. The largest absolute Gasteiger partial charge is 0.368 e. The van der Waals surface area contributed by atoms with Gasteiger partial charge in [0.05, 0.1) is 22.9 Å². The molecule has 2 heterocycles. The number of rotatable bonds is 6. The Balaban J connectivity index is 1.58. The minimum atomic E-state index is 0.216. The van der Waals surface area contributed by atoms with E-state index in [2.05, 4.69) is 56.9 Å². The van der Waals surface area contributed by atoms with Crippen LogP contribution in [0.4, 0.5) is 5.69 Å². The number of nitrogens with one attached hydrogen (secondary N) is 2. The van der Waals surface area contributed by atoms with Gasteiger partial charge >= 0.3 is 0 Å². The van der Waals surface area contributed by atoms with Crippen LogP contribution in [0, 0.1) is 0 Å². The van der Waals surface area contributed by atoms with Crippen LogP contribution < -0.4 is 15.5 Å². The molecule has 8 heteroatoms. The van der Waals surface area contributed by atoms with Gasteiger partial charge in [0.1, 0.15) is 0 Å². The summed E-state index contributed by atoms with van der Waals surface area (Å²) in [5.74, 6) is 0.826. The van der Waals surface area contributed by atoms with Gasteiger partial charge in [-0.2, -0.15) is 5.10 Å². The van der Waals surface area contributed by atoms with E-state index in [-0.39, 0.29) is 6.04 Å². The molecule has 1 aromatic heterocycles. The van der Waals surface area contributed by atoms with Gasteiger partial charge in [-0.15, -0.1) is 0 Å². The lowest BCUT2D eigenvalue weighted by Gasteiger charge is -2.36. The quantitative estimate of drug-likeness (QED) is 0.558. The summed E-state index contributed by atoms with van der Waals surface area (Å²) in [6.45, 7) is 2.68. The molecule has 0 amide bonds. The molecule has 0 aliphatic carbocycles. The molecule has 158 valence electrons. The van der Waals surface area contributed by atoms with Gasteiger partial charge in [-0.1, -0.05) is 23.7 Å². The fourth-order valence-electron chi connectivity index (χ4n) is 3.81. The number of likely N-dealkylation sites (N-methyl/N-ethyl adjacent to an activating group) is 1. The first-order valence-electron chi connectivity index (χ1n) is 10.1. The van der Waals surface area contributed by atoms with Crippen molar-refractivity contribution in [1.82, 2.24) is 25.3 Å². The molecule has 2 atom stereocenters. The van der Waals surface area contributed by atoms with Crippen molar-refractivity contribution in [3.63, 3.8) is 0 Å². The Hall–Kier alpha value is -2.25. The van der Waals surface area contributed by atoms with Crippen LogP contribution in [0.3, 0.4) is 0 Å². The maximum absolute atomic E-state index is 6.40. The summed E-state index contributed by atoms with van der Waals surface area (Å²) in [4.78, 5) is 8.99. The maximum Gasteiger partial charge on any atom is 0.191 e. The Kier molecular flexibility index (Phi) is 7.39. The van der Waals surface area contributed by atoms with Crippen LogP contribution in [0.1, 0.15) is 24.4 Å². The summed E-state index contributed by atoms with van der Waals surface area (Å²) < 4.78 is 1.84. The molecule has 3 rings (SSSR count). The molecule has 7 nitrogen and oxygen atoms in total. The Labute approximate surface area is 178 Å². The number of hydrogen-bond acceptors (Lipinski definition) is 4. The number of aryl methyl sites for hydroxylation is 1. The van der Waals surface area contributed by atoms with E-state index in [0.29, 0.717) is 6.04 Å². The molecule has 1 fully saturated rings. The van der Waals surface area contributed by atoms with Gasteiger partial charge in [-0.25, -0.2) is 0 Å². The van der Waals surface area contributed by atoms with Crippen molar-refractivity contribution in [2.75, 3.05) is 45.7 Å². The highest BCUT2D eigenvalue weighted by atomic mass is 35.5. The molecular weight excluding hydrogens is 386 g/mol. The topological polar surface area (TPSA) is 60.7 Å². The van der Waals surface area contributed by atoms with E-state index in [1.807, 2.05) is 43.2 Å². The van der Waals surface area contributed by atoms with Gasteiger partial charge in [-0.05, 0) is 39.1 Å². The van der Waals surface area contributed by atoms with Gasteiger partial charge in [-0.3, -0.25) is 9.67 Å².